The van der Waals surface area contributed by atoms with Gasteiger partial charge in [0.05, 0.1) is 25.9 Å². The lowest BCUT2D eigenvalue weighted by Gasteiger charge is -2.23. The van der Waals surface area contributed by atoms with Crippen LogP contribution in [-0.2, 0) is 17.9 Å². The number of benzene rings is 2. The molecule has 1 heterocycles. The van der Waals surface area contributed by atoms with Crippen molar-refractivity contribution in [2.24, 2.45) is 0 Å². The number of methoxy groups -OCH3 is 1. The molecule has 27 heavy (non-hydrogen) atoms. The summed E-state index contributed by atoms with van der Waals surface area (Å²) in [5.74, 6) is 1.25. The van der Waals surface area contributed by atoms with E-state index in [1.807, 2.05) is 12.1 Å². The van der Waals surface area contributed by atoms with Gasteiger partial charge in [0, 0.05) is 0 Å². The highest BCUT2D eigenvalue weighted by atomic mass is 19.1. The van der Waals surface area contributed by atoms with Crippen LogP contribution in [0.5, 0.6) is 11.5 Å². The van der Waals surface area contributed by atoms with E-state index in [9.17, 15) is 4.39 Å². The molecule has 3 N–H and O–H groups in total. The zero-order chi connectivity index (χ0) is 18.9. The van der Waals surface area contributed by atoms with Crippen LogP contribution >= 0.6 is 0 Å². The lowest BCUT2D eigenvalue weighted by Crippen LogP contribution is -3.16. The standard InChI is InChI=1S/C21H27FN2O3/c1-25-20-4-2-3-18(15-23-9-10-24-11-13-26-14-12-24)21(20)27-16-17-5-7-19(22)8-6-17/h2-8,23H,9-16H2,1H3/p+2. The maximum absolute atomic E-state index is 13.1. The Balaban J connectivity index is 1.56. The van der Waals surface area contributed by atoms with Crippen molar-refractivity contribution in [2.75, 3.05) is 46.5 Å². The van der Waals surface area contributed by atoms with E-state index in [-0.39, 0.29) is 5.82 Å². The highest BCUT2D eigenvalue weighted by molar-refractivity contribution is 5.46. The molecule has 6 heteroatoms. The number of hydrogen-bond acceptors (Lipinski definition) is 3. The average molecular weight is 376 g/mol. The third kappa shape index (κ3) is 5.92. The van der Waals surface area contributed by atoms with Crippen LogP contribution in [0.25, 0.3) is 0 Å². The molecule has 0 saturated carbocycles. The number of hydrogen-bond donors (Lipinski definition) is 2. The molecule has 146 valence electrons. The molecule has 3 rings (SSSR count). The fourth-order valence-corrected chi connectivity index (χ4v) is 3.26. The van der Waals surface area contributed by atoms with Crippen molar-refractivity contribution in [2.45, 2.75) is 13.2 Å². The number of nitrogens with one attached hydrogen (secondary N) is 1. The first-order chi connectivity index (χ1) is 13.3. The lowest BCUT2D eigenvalue weighted by atomic mass is 10.1. The van der Waals surface area contributed by atoms with Gasteiger partial charge in [0.25, 0.3) is 0 Å². The van der Waals surface area contributed by atoms with Gasteiger partial charge in [0.1, 0.15) is 45.1 Å². The van der Waals surface area contributed by atoms with Crippen LogP contribution < -0.4 is 19.7 Å². The molecular weight excluding hydrogens is 347 g/mol. The molecule has 0 amide bonds. The van der Waals surface area contributed by atoms with E-state index >= 15 is 0 Å². The van der Waals surface area contributed by atoms with Crippen molar-refractivity contribution >= 4 is 0 Å². The molecular formula is C21H29FN2O3+2. The Morgan fingerprint density at radius 2 is 1.89 bits per heavy atom. The number of quaternary nitrogens is 2. The minimum atomic E-state index is -0.242. The molecule has 2 aromatic rings. The molecule has 1 saturated heterocycles. The lowest BCUT2D eigenvalue weighted by molar-refractivity contribution is -0.920. The van der Waals surface area contributed by atoms with Crippen molar-refractivity contribution < 1.29 is 28.8 Å². The molecule has 1 aliphatic heterocycles. The summed E-state index contributed by atoms with van der Waals surface area (Å²) >= 11 is 0. The Morgan fingerprint density at radius 1 is 1.11 bits per heavy atom. The van der Waals surface area contributed by atoms with Crippen LogP contribution in [0.4, 0.5) is 4.39 Å². The number of rotatable bonds is 9. The summed E-state index contributed by atoms with van der Waals surface area (Å²) in [6.07, 6.45) is 0. The smallest absolute Gasteiger partial charge is 0.170 e. The Labute approximate surface area is 160 Å². The van der Waals surface area contributed by atoms with Gasteiger partial charge >= 0.3 is 0 Å². The fourth-order valence-electron chi connectivity index (χ4n) is 3.26. The monoisotopic (exact) mass is 376 g/mol. The van der Waals surface area contributed by atoms with Crippen LogP contribution in [0.3, 0.4) is 0 Å². The SMILES string of the molecule is COc1cccc(C[NH2+]CC[NH+]2CCOCC2)c1OCc1ccc(F)cc1. The molecule has 0 aliphatic carbocycles. The largest absolute Gasteiger partial charge is 0.493 e. The van der Waals surface area contributed by atoms with E-state index in [1.165, 1.54) is 12.1 Å². The van der Waals surface area contributed by atoms with E-state index in [2.05, 4.69) is 11.4 Å². The van der Waals surface area contributed by atoms with Crippen LogP contribution in [0.15, 0.2) is 42.5 Å². The molecule has 0 radical (unpaired) electrons. The highest BCUT2D eigenvalue weighted by Crippen LogP contribution is 2.31. The maximum Gasteiger partial charge on any atom is 0.170 e. The van der Waals surface area contributed by atoms with Crippen molar-refractivity contribution in [1.29, 1.82) is 0 Å². The van der Waals surface area contributed by atoms with Crippen molar-refractivity contribution in [3.8, 4) is 11.5 Å². The number of morpholine rings is 1. The van der Waals surface area contributed by atoms with Gasteiger partial charge in [0.15, 0.2) is 11.5 Å². The minimum absolute atomic E-state index is 0.242. The van der Waals surface area contributed by atoms with E-state index in [1.54, 1.807) is 24.1 Å². The fraction of sp³-hybridized carbons (Fsp3) is 0.429. The highest BCUT2D eigenvalue weighted by Gasteiger charge is 2.15. The van der Waals surface area contributed by atoms with Gasteiger partial charge < -0.3 is 24.4 Å². The number of ether oxygens (including phenoxy) is 3. The Kier molecular flexibility index (Phi) is 7.45. The second-order valence-corrected chi connectivity index (χ2v) is 6.76. The van der Waals surface area contributed by atoms with Gasteiger partial charge in [-0.2, -0.15) is 0 Å². The zero-order valence-electron chi connectivity index (χ0n) is 15.9. The second-order valence-electron chi connectivity index (χ2n) is 6.76. The van der Waals surface area contributed by atoms with Crippen molar-refractivity contribution in [1.82, 2.24) is 0 Å². The van der Waals surface area contributed by atoms with Crippen LogP contribution in [-0.4, -0.2) is 46.5 Å². The first-order valence-corrected chi connectivity index (χ1v) is 9.52. The molecule has 0 unspecified atom stereocenters. The maximum atomic E-state index is 13.1. The summed E-state index contributed by atoms with van der Waals surface area (Å²) < 4.78 is 30.0. The van der Waals surface area contributed by atoms with E-state index in [0.717, 1.165) is 68.6 Å². The summed E-state index contributed by atoms with van der Waals surface area (Å²) in [7, 11) is 1.65. The van der Waals surface area contributed by atoms with Crippen LogP contribution in [0.2, 0.25) is 0 Å². The first-order valence-electron chi connectivity index (χ1n) is 9.52. The van der Waals surface area contributed by atoms with Gasteiger partial charge in [-0.05, 0) is 29.8 Å². The van der Waals surface area contributed by atoms with E-state index in [0.29, 0.717) is 6.61 Å². The van der Waals surface area contributed by atoms with Crippen molar-refractivity contribution in [3.63, 3.8) is 0 Å². The zero-order valence-corrected chi connectivity index (χ0v) is 15.9. The first kappa shape index (κ1) is 19.6. The molecule has 0 bridgehead atoms. The summed E-state index contributed by atoms with van der Waals surface area (Å²) in [6, 6.07) is 12.3. The Morgan fingerprint density at radius 3 is 2.63 bits per heavy atom. The minimum Gasteiger partial charge on any atom is -0.493 e. The Hall–Kier alpha value is -2.15. The predicted molar refractivity (Wildman–Crippen MR) is 101 cm³/mol. The molecule has 2 aromatic carbocycles. The quantitative estimate of drug-likeness (QED) is 0.623. The summed E-state index contributed by atoms with van der Waals surface area (Å²) in [6.45, 7) is 7.34. The van der Waals surface area contributed by atoms with Gasteiger partial charge in [-0.15, -0.1) is 0 Å². The third-order valence-corrected chi connectivity index (χ3v) is 4.84. The molecule has 1 aliphatic rings. The number of nitrogens with two attached hydrogens (primary N) is 1. The van der Waals surface area contributed by atoms with Gasteiger partial charge in [-0.1, -0.05) is 18.2 Å². The van der Waals surface area contributed by atoms with Gasteiger partial charge in [0.2, 0.25) is 0 Å². The topological polar surface area (TPSA) is 48.7 Å². The van der Waals surface area contributed by atoms with E-state index in [4.69, 9.17) is 14.2 Å². The molecule has 0 spiro atoms. The van der Waals surface area contributed by atoms with Crippen LogP contribution in [0, 0.1) is 5.82 Å². The molecule has 0 atom stereocenters. The summed E-state index contributed by atoms with van der Waals surface area (Å²) in [5, 5.41) is 2.31. The summed E-state index contributed by atoms with van der Waals surface area (Å²) in [5.41, 5.74) is 2.03. The predicted octanol–water partition coefficient (Wildman–Crippen LogP) is 0.392. The van der Waals surface area contributed by atoms with Gasteiger partial charge in [-0.25, -0.2) is 4.39 Å². The van der Waals surface area contributed by atoms with E-state index < -0.39 is 0 Å². The van der Waals surface area contributed by atoms with Crippen LogP contribution in [0.1, 0.15) is 11.1 Å². The molecule has 0 aromatic heterocycles. The Bertz CT molecular complexity index is 703. The van der Waals surface area contributed by atoms with Crippen molar-refractivity contribution in [3.05, 3.63) is 59.4 Å². The second kappa shape index (κ2) is 10.3. The summed E-state index contributed by atoms with van der Waals surface area (Å²) in [4.78, 5) is 1.61. The number of para-hydroxylation sites is 1. The van der Waals surface area contributed by atoms with Gasteiger partial charge in [-0.3, -0.25) is 0 Å². The normalized spacial score (nSPS) is 14.9. The number of halogens is 1. The third-order valence-electron chi connectivity index (χ3n) is 4.84. The average Bonchev–Trinajstić information content (AvgIpc) is 2.72. The molecule has 1 fully saturated rings. The molecule has 5 nitrogen and oxygen atoms in total.